The molecule has 1 saturated carbocycles. The summed E-state index contributed by atoms with van der Waals surface area (Å²) in [7, 11) is 1.25. The number of imidazole rings is 1. The number of amides is 1. The molecule has 0 bridgehead atoms. The minimum atomic E-state index is -0.978. The number of methoxy groups -OCH3 is 1. The van der Waals surface area contributed by atoms with E-state index in [9.17, 15) is 14.4 Å². The van der Waals surface area contributed by atoms with E-state index < -0.39 is 17.9 Å². The molecule has 3 aromatic carbocycles. The summed E-state index contributed by atoms with van der Waals surface area (Å²) >= 11 is 18.5. The van der Waals surface area contributed by atoms with E-state index in [4.69, 9.17) is 39.5 Å². The highest BCUT2D eigenvalue weighted by Crippen LogP contribution is 2.37. The van der Waals surface area contributed by atoms with E-state index in [0.29, 0.717) is 10.7 Å². The molecule has 1 amide bonds. The van der Waals surface area contributed by atoms with Gasteiger partial charge in [0.1, 0.15) is 6.04 Å². The summed E-state index contributed by atoms with van der Waals surface area (Å²) in [5.41, 5.74) is 2.95. The van der Waals surface area contributed by atoms with Crippen LogP contribution in [0, 0.1) is 0 Å². The van der Waals surface area contributed by atoms with Crippen LogP contribution in [0.15, 0.2) is 65.5 Å². The van der Waals surface area contributed by atoms with E-state index in [-0.39, 0.29) is 33.8 Å². The van der Waals surface area contributed by atoms with Gasteiger partial charge in [0.05, 0.1) is 39.4 Å². The Kier molecular flexibility index (Phi) is 7.03. The van der Waals surface area contributed by atoms with Crippen molar-refractivity contribution < 1.29 is 14.3 Å². The first-order valence-corrected chi connectivity index (χ1v) is 12.8. The average molecular weight is 559 g/mol. The molecular formula is C27H22Cl3N3O4. The van der Waals surface area contributed by atoms with Gasteiger partial charge in [-0.2, -0.15) is 0 Å². The predicted molar refractivity (Wildman–Crippen MR) is 144 cm³/mol. The Morgan fingerprint density at radius 3 is 2.30 bits per heavy atom. The van der Waals surface area contributed by atoms with Crippen LogP contribution in [0.1, 0.15) is 34.8 Å². The van der Waals surface area contributed by atoms with Gasteiger partial charge in [-0.15, -0.1) is 0 Å². The first kappa shape index (κ1) is 25.4. The van der Waals surface area contributed by atoms with Gasteiger partial charge in [0.25, 0.3) is 5.91 Å². The quantitative estimate of drug-likeness (QED) is 0.299. The summed E-state index contributed by atoms with van der Waals surface area (Å²) < 4.78 is 8.36. The van der Waals surface area contributed by atoms with Crippen molar-refractivity contribution >= 4 is 57.7 Å². The molecule has 0 radical (unpaired) electrons. The van der Waals surface area contributed by atoms with E-state index in [1.54, 1.807) is 59.2 Å². The van der Waals surface area contributed by atoms with Gasteiger partial charge in [0, 0.05) is 17.5 Å². The third kappa shape index (κ3) is 4.99. The van der Waals surface area contributed by atoms with E-state index in [0.717, 1.165) is 29.4 Å². The molecule has 4 aromatic rings. The molecule has 0 aliphatic heterocycles. The molecule has 190 valence electrons. The molecule has 1 aliphatic carbocycles. The number of rotatable bonds is 7. The van der Waals surface area contributed by atoms with Crippen molar-refractivity contribution in [2.45, 2.75) is 31.3 Å². The fourth-order valence-electron chi connectivity index (χ4n) is 4.43. The first-order chi connectivity index (χ1) is 17.8. The third-order valence-electron chi connectivity index (χ3n) is 6.36. The van der Waals surface area contributed by atoms with Crippen molar-refractivity contribution in [3.63, 3.8) is 0 Å². The van der Waals surface area contributed by atoms with Gasteiger partial charge in [0.2, 0.25) is 0 Å². The third-order valence-corrected chi connectivity index (χ3v) is 7.23. The second-order valence-electron chi connectivity index (χ2n) is 8.87. The van der Waals surface area contributed by atoms with Crippen molar-refractivity contribution in [1.82, 2.24) is 14.5 Å². The summed E-state index contributed by atoms with van der Waals surface area (Å²) in [4.78, 5) is 38.7. The monoisotopic (exact) mass is 557 g/mol. The molecule has 1 atom stereocenters. The van der Waals surface area contributed by atoms with Crippen LogP contribution in [0.2, 0.25) is 15.1 Å². The van der Waals surface area contributed by atoms with Gasteiger partial charge in [0.15, 0.2) is 0 Å². The Labute approximate surface area is 227 Å². The van der Waals surface area contributed by atoms with Gasteiger partial charge < -0.3 is 10.1 Å². The number of benzene rings is 3. The van der Waals surface area contributed by atoms with Crippen molar-refractivity contribution in [3.8, 4) is 5.69 Å². The first-order valence-electron chi connectivity index (χ1n) is 11.6. The summed E-state index contributed by atoms with van der Waals surface area (Å²) in [6, 6.07) is 16.6. The molecule has 7 nitrogen and oxygen atoms in total. The molecule has 0 saturated heterocycles. The van der Waals surface area contributed by atoms with Gasteiger partial charge in [-0.3, -0.25) is 13.9 Å². The largest absolute Gasteiger partial charge is 0.467 e. The average Bonchev–Trinajstić information content (AvgIpc) is 3.66. The molecule has 1 aromatic heterocycles. The standard InChI is InChI=1S/C27H22Cl3N3O4/c1-37-26(35)21(31-25(34)24-19(29)3-2-4-20(24)30)13-15-5-8-17(9-6-15)33-23-14-16(28)7-12-22(23)32(27(33)36)18-10-11-18/h2-9,12,14,18,21H,10-11,13H2,1H3,(H,31,34)/t21-/m0/s1. The van der Waals surface area contributed by atoms with E-state index in [2.05, 4.69) is 5.32 Å². The van der Waals surface area contributed by atoms with Crippen LogP contribution in [-0.2, 0) is 16.0 Å². The Morgan fingerprint density at radius 2 is 1.68 bits per heavy atom. The molecule has 1 aliphatic rings. The van der Waals surface area contributed by atoms with Gasteiger partial charge in [-0.1, -0.05) is 53.0 Å². The summed E-state index contributed by atoms with van der Waals surface area (Å²) in [6.45, 7) is 0. The van der Waals surface area contributed by atoms with E-state index in [1.165, 1.54) is 7.11 Å². The van der Waals surface area contributed by atoms with Crippen LogP contribution in [0.5, 0.6) is 0 Å². The van der Waals surface area contributed by atoms with Gasteiger partial charge in [-0.25, -0.2) is 9.59 Å². The van der Waals surface area contributed by atoms with Crippen molar-refractivity contribution in [3.05, 3.63) is 97.3 Å². The van der Waals surface area contributed by atoms with Crippen LogP contribution >= 0.6 is 34.8 Å². The maximum Gasteiger partial charge on any atom is 0.333 e. The predicted octanol–water partition coefficient (Wildman–Crippen LogP) is 5.60. The summed E-state index contributed by atoms with van der Waals surface area (Å²) in [5, 5.41) is 3.56. The Hall–Kier alpha value is -3.26. The number of nitrogens with one attached hydrogen (secondary N) is 1. The minimum Gasteiger partial charge on any atom is -0.467 e. The summed E-state index contributed by atoms with van der Waals surface area (Å²) in [5.74, 6) is -1.20. The van der Waals surface area contributed by atoms with Crippen LogP contribution in [0.3, 0.4) is 0 Å². The number of carbonyl (C=O) groups is 2. The minimum absolute atomic E-state index is 0.0835. The van der Waals surface area contributed by atoms with Crippen molar-refractivity contribution in [1.29, 1.82) is 0 Å². The zero-order chi connectivity index (χ0) is 26.3. The van der Waals surface area contributed by atoms with Crippen molar-refractivity contribution in [2.75, 3.05) is 7.11 Å². The second kappa shape index (κ2) is 10.2. The lowest BCUT2D eigenvalue weighted by atomic mass is 10.0. The lowest BCUT2D eigenvalue weighted by Crippen LogP contribution is -2.43. The normalized spacial score (nSPS) is 13.9. The number of ether oxygens (including phenoxy) is 1. The topological polar surface area (TPSA) is 82.3 Å². The van der Waals surface area contributed by atoms with Crippen LogP contribution in [-0.4, -0.2) is 34.2 Å². The molecule has 37 heavy (non-hydrogen) atoms. The van der Waals surface area contributed by atoms with Crippen molar-refractivity contribution in [2.24, 2.45) is 0 Å². The van der Waals surface area contributed by atoms with Crippen LogP contribution in [0.25, 0.3) is 16.7 Å². The number of carbonyl (C=O) groups excluding carboxylic acids is 2. The van der Waals surface area contributed by atoms with Gasteiger partial charge in [-0.05, 0) is 60.9 Å². The number of aromatic nitrogens is 2. The zero-order valence-electron chi connectivity index (χ0n) is 19.7. The Balaban J connectivity index is 1.43. The number of hydrogen-bond donors (Lipinski definition) is 1. The number of halogens is 3. The fourth-order valence-corrected chi connectivity index (χ4v) is 5.16. The Bertz CT molecular complexity index is 1550. The number of esters is 1. The second-order valence-corrected chi connectivity index (χ2v) is 10.1. The molecule has 0 unspecified atom stereocenters. The lowest BCUT2D eigenvalue weighted by Gasteiger charge is -2.18. The molecule has 0 spiro atoms. The maximum atomic E-state index is 13.3. The molecule has 1 fully saturated rings. The highest BCUT2D eigenvalue weighted by molar-refractivity contribution is 6.39. The maximum absolute atomic E-state index is 13.3. The highest BCUT2D eigenvalue weighted by atomic mass is 35.5. The number of hydrogen-bond acceptors (Lipinski definition) is 4. The fraction of sp³-hybridized carbons (Fsp3) is 0.222. The number of nitrogens with zero attached hydrogens (tertiary/aromatic N) is 2. The lowest BCUT2D eigenvalue weighted by molar-refractivity contribution is -0.142. The molecule has 10 heteroatoms. The van der Waals surface area contributed by atoms with Crippen LogP contribution in [0.4, 0.5) is 0 Å². The number of fused-ring (bicyclic) bond motifs is 1. The summed E-state index contributed by atoms with van der Waals surface area (Å²) in [6.07, 6.45) is 2.10. The molecular weight excluding hydrogens is 537 g/mol. The zero-order valence-corrected chi connectivity index (χ0v) is 22.0. The SMILES string of the molecule is COC(=O)[C@H](Cc1ccc(-n2c(=O)n(C3CC3)c3ccc(Cl)cc32)cc1)NC(=O)c1c(Cl)cccc1Cl. The Morgan fingerprint density at radius 1 is 1.00 bits per heavy atom. The van der Waals surface area contributed by atoms with E-state index >= 15 is 0 Å². The highest BCUT2D eigenvalue weighted by Gasteiger charge is 2.29. The van der Waals surface area contributed by atoms with Crippen LogP contribution < -0.4 is 11.0 Å². The molecule has 1 heterocycles. The van der Waals surface area contributed by atoms with E-state index in [1.807, 2.05) is 10.6 Å². The molecule has 5 rings (SSSR count). The van der Waals surface area contributed by atoms with Gasteiger partial charge >= 0.3 is 11.7 Å². The molecule has 1 N–H and O–H groups in total. The smallest absolute Gasteiger partial charge is 0.333 e.